The van der Waals surface area contributed by atoms with E-state index < -0.39 is 0 Å². The van der Waals surface area contributed by atoms with Crippen LogP contribution < -0.4 is 10.6 Å². The van der Waals surface area contributed by atoms with Crippen LogP contribution in [0.15, 0.2) is 40.6 Å². The van der Waals surface area contributed by atoms with Gasteiger partial charge >= 0.3 is 0 Å². The summed E-state index contributed by atoms with van der Waals surface area (Å²) >= 11 is 1.14. The number of hydrogen-bond acceptors (Lipinski definition) is 7. The van der Waals surface area contributed by atoms with Gasteiger partial charge in [0.05, 0.1) is 18.0 Å². The van der Waals surface area contributed by atoms with Crippen molar-refractivity contribution in [2.24, 2.45) is 10.2 Å². The second-order valence-electron chi connectivity index (χ2n) is 9.96. The molecule has 4 aromatic rings. The lowest BCUT2D eigenvalue weighted by molar-refractivity contribution is 1.21. The summed E-state index contributed by atoms with van der Waals surface area (Å²) in [7, 11) is 0. The zero-order valence-electron chi connectivity index (χ0n) is 23.5. The molecular weight excluding hydrogens is 502 g/mol. The van der Waals surface area contributed by atoms with Crippen LogP contribution in [0.1, 0.15) is 50.2 Å². The molecule has 0 amide bonds. The highest BCUT2D eigenvalue weighted by molar-refractivity contribution is 7.10. The van der Waals surface area contributed by atoms with Crippen LogP contribution in [0.2, 0.25) is 0 Å². The predicted octanol–water partition coefficient (Wildman–Crippen LogP) is 9.94. The number of nitriles is 1. The van der Waals surface area contributed by atoms with Crippen molar-refractivity contribution in [2.75, 3.05) is 10.6 Å². The number of rotatable bonds is 6. The predicted molar refractivity (Wildman–Crippen MR) is 161 cm³/mol. The van der Waals surface area contributed by atoms with Crippen LogP contribution in [0.4, 0.5) is 39.1 Å². The van der Waals surface area contributed by atoms with E-state index in [9.17, 15) is 5.26 Å². The summed E-state index contributed by atoms with van der Waals surface area (Å²) in [5.41, 5.74) is 12.9. The van der Waals surface area contributed by atoms with Crippen molar-refractivity contribution in [3.63, 3.8) is 0 Å². The number of anilines is 4. The molecule has 0 saturated carbocycles. The molecule has 0 atom stereocenters. The van der Waals surface area contributed by atoms with Crippen molar-refractivity contribution in [1.82, 2.24) is 4.37 Å². The van der Waals surface area contributed by atoms with E-state index in [0.29, 0.717) is 44.6 Å². The second kappa shape index (κ2) is 11.1. The average molecular weight is 534 g/mol. The Morgan fingerprint density at radius 2 is 1.31 bits per heavy atom. The maximum absolute atomic E-state index is 9.55. The molecule has 1 heterocycles. The first-order valence-electron chi connectivity index (χ1n) is 12.6. The number of nitrogens with zero attached hydrogens (tertiary/aromatic N) is 5. The van der Waals surface area contributed by atoms with Crippen LogP contribution in [-0.4, -0.2) is 4.37 Å². The Morgan fingerprint density at radius 1 is 0.795 bits per heavy atom. The Hall–Kier alpha value is -4.53. The fraction of sp³-hybridized carbons (Fsp3) is 0.258. The lowest BCUT2D eigenvalue weighted by Crippen LogP contribution is -2.02. The van der Waals surface area contributed by atoms with Crippen molar-refractivity contribution in [1.29, 1.82) is 5.26 Å². The Morgan fingerprint density at radius 3 is 1.79 bits per heavy atom. The van der Waals surface area contributed by atoms with E-state index in [0.717, 1.165) is 45.2 Å². The quantitative estimate of drug-likeness (QED) is 0.191. The zero-order chi connectivity index (χ0) is 28.4. The smallest absolute Gasteiger partial charge is 0.215 e. The molecule has 0 saturated heterocycles. The minimum Gasteiger partial charge on any atom is -0.364 e. The van der Waals surface area contributed by atoms with E-state index in [-0.39, 0.29) is 0 Å². The highest BCUT2D eigenvalue weighted by atomic mass is 32.1. The molecule has 2 N–H and O–H groups in total. The largest absolute Gasteiger partial charge is 0.364 e. The van der Waals surface area contributed by atoms with Crippen LogP contribution in [0.25, 0.3) is 4.85 Å². The van der Waals surface area contributed by atoms with E-state index in [2.05, 4.69) is 102 Å². The number of aryl methyl sites for hydroxylation is 7. The molecule has 0 aliphatic carbocycles. The van der Waals surface area contributed by atoms with Gasteiger partial charge in [0.1, 0.15) is 17.3 Å². The van der Waals surface area contributed by atoms with Crippen molar-refractivity contribution in [3.8, 4) is 6.07 Å². The van der Waals surface area contributed by atoms with Crippen molar-refractivity contribution in [2.45, 2.75) is 55.4 Å². The molecule has 4 rings (SSSR count). The van der Waals surface area contributed by atoms with Crippen molar-refractivity contribution in [3.05, 3.63) is 92.0 Å². The molecule has 8 heteroatoms. The van der Waals surface area contributed by atoms with Crippen LogP contribution in [-0.2, 0) is 0 Å². The lowest BCUT2D eigenvalue weighted by Gasteiger charge is -2.21. The third kappa shape index (κ3) is 5.52. The van der Waals surface area contributed by atoms with Gasteiger partial charge in [-0.15, -0.1) is 10.2 Å². The van der Waals surface area contributed by atoms with E-state index in [1.54, 1.807) is 6.92 Å². The summed E-state index contributed by atoms with van der Waals surface area (Å²) in [6, 6.07) is 12.6. The first-order chi connectivity index (χ1) is 18.5. The third-order valence-electron chi connectivity index (χ3n) is 6.69. The van der Waals surface area contributed by atoms with E-state index in [1.807, 2.05) is 13.0 Å². The van der Waals surface area contributed by atoms with Crippen LogP contribution >= 0.6 is 11.5 Å². The van der Waals surface area contributed by atoms with Gasteiger partial charge in [0.2, 0.25) is 5.69 Å². The molecule has 0 aliphatic heterocycles. The standard InChI is InChI=1S/C31H31N7S/c1-16-10-18(3)27(19(4)11-16)34-25-14-26(35-28-20(5)12-17(2)13-21(28)6)30(22(7)29(25)33-9)36-37-31-24(15-32)23(8)38-39-31/h10-14,34-35H,1-8H3. The van der Waals surface area contributed by atoms with Crippen molar-refractivity contribution < 1.29 is 0 Å². The summed E-state index contributed by atoms with van der Waals surface area (Å²) in [4.78, 5) is 3.89. The molecule has 196 valence electrons. The lowest BCUT2D eigenvalue weighted by atomic mass is 10.0. The molecule has 39 heavy (non-hydrogen) atoms. The van der Waals surface area contributed by atoms with Gasteiger partial charge in [0.15, 0.2) is 5.00 Å². The normalized spacial score (nSPS) is 10.9. The highest BCUT2D eigenvalue weighted by Crippen LogP contribution is 2.46. The fourth-order valence-corrected chi connectivity index (χ4v) is 5.61. The molecule has 0 unspecified atom stereocenters. The summed E-state index contributed by atoms with van der Waals surface area (Å²) in [6.45, 7) is 24.1. The van der Waals surface area contributed by atoms with Gasteiger partial charge in [-0.1, -0.05) is 35.4 Å². The molecule has 1 aromatic heterocycles. The SMILES string of the molecule is [C-]#[N+]c1c(Nc2c(C)cc(C)cc2C)cc(Nc2c(C)cc(C)cc2C)c(N=Nc2snc(C)c2C#N)c1C. The average Bonchev–Trinajstić information content (AvgIpc) is 3.22. The topological polar surface area (TPSA) is 89.8 Å². The molecule has 0 bridgehead atoms. The molecule has 0 aliphatic rings. The molecule has 0 spiro atoms. The van der Waals surface area contributed by atoms with E-state index in [1.165, 1.54) is 11.1 Å². The maximum Gasteiger partial charge on any atom is 0.215 e. The maximum atomic E-state index is 9.55. The minimum atomic E-state index is 0.412. The van der Waals surface area contributed by atoms with Gasteiger partial charge in [0.25, 0.3) is 0 Å². The van der Waals surface area contributed by atoms with Gasteiger partial charge in [-0.25, -0.2) is 4.85 Å². The van der Waals surface area contributed by atoms with Gasteiger partial charge in [-0.05, 0) is 101 Å². The van der Waals surface area contributed by atoms with E-state index in [4.69, 9.17) is 6.57 Å². The van der Waals surface area contributed by atoms with Crippen molar-refractivity contribution >= 4 is 50.7 Å². The molecule has 3 aromatic carbocycles. The Kier molecular flexibility index (Phi) is 7.80. The first kappa shape index (κ1) is 27.5. The molecular formula is C31H31N7S. The third-order valence-corrected chi connectivity index (χ3v) is 7.52. The van der Waals surface area contributed by atoms with E-state index >= 15 is 0 Å². The number of hydrogen-bond donors (Lipinski definition) is 2. The minimum absolute atomic E-state index is 0.412. The Labute approximate surface area is 234 Å². The summed E-state index contributed by atoms with van der Waals surface area (Å²) in [6.07, 6.45) is 0. The van der Waals surface area contributed by atoms with Gasteiger partial charge in [-0.3, -0.25) is 0 Å². The van der Waals surface area contributed by atoms with Gasteiger partial charge < -0.3 is 10.6 Å². The monoisotopic (exact) mass is 533 g/mol. The molecule has 0 fully saturated rings. The zero-order valence-corrected chi connectivity index (χ0v) is 24.3. The number of azo groups is 1. The van der Waals surface area contributed by atoms with Gasteiger partial charge in [0, 0.05) is 17.1 Å². The Bertz CT molecular complexity index is 1670. The number of benzene rings is 3. The van der Waals surface area contributed by atoms with Crippen LogP contribution in [0.3, 0.4) is 0 Å². The van der Waals surface area contributed by atoms with Crippen LogP contribution in [0.5, 0.6) is 0 Å². The Balaban J connectivity index is 1.92. The number of nitrogens with one attached hydrogen (secondary N) is 2. The van der Waals surface area contributed by atoms with Gasteiger partial charge in [-0.2, -0.15) is 9.64 Å². The second-order valence-corrected chi connectivity index (χ2v) is 10.7. The summed E-state index contributed by atoms with van der Waals surface area (Å²) < 4.78 is 4.25. The molecule has 7 nitrogen and oxygen atoms in total. The first-order valence-corrected chi connectivity index (χ1v) is 13.3. The van der Waals surface area contributed by atoms with Crippen LogP contribution in [0, 0.1) is 73.3 Å². The summed E-state index contributed by atoms with van der Waals surface area (Å²) in [5.74, 6) is 0. The number of aromatic nitrogens is 1. The summed E-state index contributed by atoms with van der Waals surface area (Å²) in [5, 5.41) is 26.1. The highest BCUT2D eigenvalue weighted by Gasteiger charge is 2.19. The fourth-order valence-electron chi connectivity index (χ4n) is 4.93. The molecule has 0 radical (unpaired) electrons.